The van der Waals surface area contributed by atoms with Crippen molar-refractivity contribution in [3.8, 4) is 0 Å². The molecule has 0 aliphatic carbocycles. The predicted octanol–water partition coefficient (Wildman–Crippen LogP) is -0.847. The van der Waals surface area contributed by atoms with Gasteiger partial charge < -0.3 is 15.7 Å². The third-order valence-corrected chi connectivity index (χ3v) is 1.09. The van der Waals surface area contributed by atoms with E-state index in [1.54, 1.807) is 0 Å². The molecule has 0 saturated heterocycles. The summed E-state index contributed by atoms with van der Waals surface area (Å²) in [6, 6.07) is 0. The largest absolute Gasteiger partial charge is 0.395 e. The van der Waals surface area contributed by atoms with Gasteiger partial charge in [-0.05, 0) is 9.24 Å². The molecule has 1 unspecified atom stereocenters. The van der Waals surface area contributed by atoms with Gasteiger partial charge in [-0.25, -0.2) is 0 Å². The van der Waals surface area contributed by atoms with Crippen LogP contribution in [-0.4, -0.2) is 37.0 Å². The highest BCUT2D eigenvalue weighted by atomic mass is 31.0. The molecule has 5 heteroatoms. The average Bonchev–Trinajstić information content (AvgIpc) is 1.87. The Morgan fingerprint density at radius 2 is 2.10 bits per heavy atom. The molecule has 0 heterocycles. The van der Waals surface area contributed by atoms with E-state index in [0.29, 0.717) is 19.6 Å². The zero-order valence-corrected chi connectivity index (χ0v) is 6.92. The molecule has 0 fully saturated rings. The lowest BCUT2D eigenvalue weighted by Gasteiger charge is -2.01. The highest BCUT2D eigenvalue weighted by Crippen LogP contribution is 1.78. The number of aliphatic hydroxyl groups is 1. The Hall–Kier alpha value is -0.180. The highest BCUT2D eigenvalue weighted by molar-refractivity contribution is 7.39. The van der Waals surface area contributed by atoms with Crippen LogP contribution in [0.2, 0.25) is 0 Å². The van der Waals surface area contributed by atoms with Crippen molar-refractivity contribution in [2.75, 3.05) is 26.2 Å². The van der Waals surface area contributed by atoms with Crippen LogP contribution in [0, 0.1) is 0 Å². The van der Waals surface area contributed by atoms with Crippen LogP contribution in [0.4, 0.5) is 4.79 Å². The van der Waals surface area contributed by atoms with E-state index in [1.807, 2.05) is 9.24 Å². The van der Waals surface area contributed by atoms with Crippen LogP contribution in [-0.2, 0) is 0 Å². The molecule has 0 aromatic heterocycles. The average molecular weight is 164 g/mol. The minimum absolute atomic E-state index is 0.106. The fraction of sp³-hybridized carbons (Fsp3) is 0.800. The first kappa shape index (κ1) is 9.82. The van der Waals surface area contributed by atoms with Crippen molar-refractivity contribution in [1.29, 1.82) is 0 Å². The summed E-state index contributed by atoms with van der Waals surface area (Å²) in [5, 5.41) is 13.8. The molecule has 0 aromatic carbocycles. The number of nitrogens with one attached hydrogen (secondary N) is 2. The minimum Gasteiger partial charge on any atom is -0.395 e. The van der Waals surface area contributed by atoms with E-state index >= 15 is 0 Å². The fourth-order valence-corrected chi connectivity index (χ4v) is 0.622. The molecule has 0 aliphatic rings. The Morgan fingerprint density at radius 1 is 1.40 bits per heavy atom. The molecule has 0 spiro atoms. The Bertz CT molecular complexity index is 99.6. The van der Waals surface area contributed by atoms with Gasteiger partial charge in [0.05, 0.1) is 6.61 Å². The Labute approximate surface area is 62.6 Å². The molecule has 0 rings (SSSR count). The van der Waals surface area contributed by atoms with Crippen molar-refractivity contribution in [3.63, 3.8) is 0 Å². The third-order valence-electron chi connectivity index (χ3n) is 0.890. The maximum Gasteiger partial charge on any atom is 0.234 e. The quantitative estimate of drug-likeness (QED) is 0.366. The van der Waals surface area contributed by atoms with Crippen molar-refractivity contribution < 1.29 is 9.90 Å². The fourth-order valence-electron chi connectivity index (χ4n) is 0.478. The summed E-state index contributed by atoms with van der Waals surface area (Å²) in [6.07, 6.45) is 0. The number of hydrogen-bond donors (Lipinski definition) is 3. The molecule has 0 bridgehead atoms. The van der Waals surface area contributed by atoms with Crippen LogP contribution >= 0.6 is 9.24 Å². The van der Waals surface area contributed by atoms with E-state index in [-0.39, 0.29) is 12.3 Å². The monoisotopic (exact) mass is 164 g/mol. The number of carbonyl (C=O) groups excluding carboxylic acids is 1. The maximum absolute atomic E-state index is 10.3. The second-order valence-corrected chi connectivity index (χ2v) is 2.29. The lowest BCUT2D eigenvalue weighted by molar-refractivity contribution is 0.260. The lowest BCUT2D eigenvalue weighted by atomic mass is 10.6. The van der Waals surface area contributed by atoms with Gasteiger partial charge in [0.2, 0.25) is 5.65 Å². The van der Waals surface area contributed by atoms with E-state index in [0.717, 1.165) is 0 Å². The van der Waals surface area contributed by atoms with Gasteiger partial charge in [-0.3, -0.25) is 4.79 Å². The van der Waals surface area contributed by atoms with Crippen LogP contribution in [0.3, 0.4) is 0 Å². The molecule has 0 saturated carbocycles. The van der Waals surface area contributed by atoms with Gasteiger partial charge in [0.25, 0.3) is 0 Å². The number of rotatable bonds is 5. The van der Waals surface area contributed by atoms with Gasteiger partial charge in [-0.15, -0.1) is 0 Å². The van der Waals surface area contributed by atoms with E-state index in [4.69, 9.17) is 5.11 Å². The van der Waals surface area contributed by atoms with Gasteiger partial charge in [-0.2, -0.15) is 0 Å². The second-order valence-electron chi connectivity index (χ2n) is 1.76. The number of carbonyl (C=O) groups is 1. The molecule has 4 nitrogen and oxygen atoms in total. The molecular formula is C5H13N2O2P. The van der Waals surface area contributed by atoms with Crippen molar-refractivity contribution in [3.05, 3.63) is 0 Å². The molecule has 60 valence electrons. The van der Waals surface area contributed by atoms with Gasteiger partial charge >= 0.3 is 0 Å². The zero-order chi connectivity index (χ0) is 7.82. The minimum atomic E-state index is -0.106. The molecule has 10 heavy (non-hydrogen) atoms. The molecule has 1 atom stereocenters. The van der Waals surface area contributed by atoms with Crippen molar-refractivity contribution >= 4 is 14.9 Å². The SMILES string of the molecule is O=C(P)NCCNCCO. The topological polar surface area (TPSA) is 61.4 Å². The van der Waals surface area contributed by atoms with E-state index < -0.39 is 0 Å². The first-order chi connectivity index (χ1) is 4.77. The normalized spacial score (nSPS) is 9.40. The molecule has 1 amide bonds. The number of amides is 1. The van der Waals surface area contributed by atoms with Gasteiger partial charge in [0, 0.05) is 19.6 Å². The van der Waals surface area contributed by atoms with E-state index in [1.165, 1.54) is 0 Å². The van der Waals surface area contributed by atoms with Crippen molar-refractivity contribution in [2.24, 2.45) is 0 Å². The van der Waals surface area contributed by atoms with Gasteiger partial charge in [0.1, 0.15) is 0 Å². The van der Waals surface area contributed by atoms with Crippen molar-refractivity contribution in [1.82, 2.24) is 10.6 Å². The van der Waals surface area contributed by atoms with E-state index in [9.17, 15) is 4.79 Å². The molecule has 3 N–H and O–H groups in total. The Balaban J connectivity index is 2.84. The zero-order valence-electron chi connectivity index (χ0n) is 5.76. The smallest absolute Gasteiger partial charge is 0.234 e. The predicted molar refractivity (Wildman–Crippen MR) is 43.1 cm³/mol. The lowest BCUT2D eigenvalue weighted by Crippen LogP contribution is -2.29. The standard InChI is InChI=1S/C5H13N2O2P/c8-4-3-6-1-2-7-5(9)10/h6,8H,1-4,10H2,(H,7,9). The van der Waals surface area contributed by atoms with E-state index in [2.05, 4.69) is 10.6 Å². The summed E-state index contributed by atoms with van der Waals surface area (Å²) < 4.78 is 0. The van der Waals surface area contributed by atoms with Crippen molar-refractivity contribution in [2.45, 2.75) is 0 Å². The Morgan fingerprint density at radius 3 is 2.60 bits per heavy atom. The number of hydrogen-bond acceptors (Lipinski definition) is 3. The van der Waals surface area contributed by atoms with Crippen LogP contribution < -0.4 is 10.6 Å². The first-order valence-electron chi connectivity index (χ1n) is 3.12. The Kier molecular flexibility index (Phi) is 6.81. The third kappa shape index (κ3) is 7.82. The van der Waals surface area contributed by atoms with Crippen LogP contribution in [0.1, 0.15) is 0 Å². The maximum atomic E-state index is 10.3. The summed E-state index contributed by atoms with van der Waals surface area (Å²) in [4.78, 5) is 10.3. The summed E-state index contributed by atoms with van der Waals surface area (Å²) in [6.45, 7) is 2.00. The first-order valence-corrected chi connectivity index (χ1v) is 3.70. The van der Waals surface area contributed by atoms with Crippen LogP contribution in [0.15, 0.2) is 0 Å². The summed E-state index contributed by atoms with van der Waals surface area (Å²) in [7, 11) is 2.03. The second kappa shape index (κ2) is 6.93. The number of aliphatic hydroxyl groups excluding tert-OH is 1. The summed E-state index contributed by atoms with van der Waals surface area (Å²) in [5.74, 6) is 0. The summed E-state index contributed by atoms with van der Waals surface area (Å²) in [5.41, 5.74) is -0.106. The highest BCUT2D eigenvalue weighted by Gasteiger charge is 1.88. The molecule has 0 aromatic rings. The summed E-state index contributed by atoms with van der Waals surface area (Å²) >= 11 is 0. The van der Waals surface area contributed by atoms with Gasteiger partial charge in [-0.1, -0.05) is 0 Å². The molecule has 0 aliphatic heterocycles. The molecule has 0 radical (unpaired) electrons. The van der Waals surface area contributed by atoms with Crippen LogP contribution in [0.25, 0.3) is 0 Å². The van der Waals surface area contributed by atoms with Gasteiger partial charge in [0.15, 0.2) is 0 Å². The van der Waals surface area contributed by atoms with Crippen LogP contribution in [0.5, 0.6) is 0 Å². The molecular weight excluding hydrogens is 151 g/mol.